The average molecular weight is 694 g/mol. The molecule has 0 radical (unpaired) electrons. The largest absolute Gasteiger partial charge is 0.465 e. The predicted octanol–water partition coefficient (Wildman–Crippen LogP) is 4.62. The summed E-state index contributed by atoms with van der Waals surface area (Å²) in [4.78, 5) is 13.7. The third-order valence-corrected chi connectivity index (χ3v) is 11.7. The van der Waals surface area contributed by atoms with Crippen molar-refractivity contribution >= 4 is 27.7 Å². The Hall–Kier alpha value is -3.40. The van der Waals surface area contributed by atoms with E-state index in [-0.39, 0.29) is 19.1 Å². The maximum absolute atomic E-state index is 12.6. The Balaban J connectivity index is 1.25. The molecule has 2 unspecified atom stereocenters. The van der Waals surface area contributed by atoms with Crippen LogP contribution in [0.5, 0.6) is 0 Å². The Bertz CT molecular complexity index is 1780. The van der Waals surface area contributed by atoms with E-state index >= 15 is 0 Å². The Morgan fingerprint density at radius 1 is 1.10 bits per heavy atom. The van der Waals surface area contributed by atoms with Crippen LogP contribution < -0.4 is 5.32 Å². The van der Waals surface area contributed by atoms with Crippen molar-refractivity contribution in [2.24, 2.45) is 11.8 Å². The molecule has 1 amide bonds. The first kappa shape index (κ1) is 34.5. The number of aliphatic hydroxyl groups excluding tert-OH is 1. The number of aromatic nitrogens is 2. The number of carboxylic acid groups (broad SMARTS) is 1. The first-order valence-electron chi connectivity index (χ1n) is 16.8. The quantitative estimate of drug-likeness (QED) is 0.294. The number of rotatable bonds is 8. The number of hydrogen-bond donors (Lipinski definition) is 3. The van der Waals surface area contributed by atoms with Crippen molar-refractivity contribution in [3.8, 4) is 23.1 Å². The van der Waals surface area contributed by atoms with Crippen LogP contribution in [0.4, 0.5) is 4.79 Å². The zero-order valence-electron chi connectivity index (χ0n) is 27.3. The van der Waals surface area contributed by atoms with E-state index in [1.54, 1.807) is 10.7 Å². The lowest BCUT2D eigenvalue weighted by Crippen LogP contribution is -2.49. The van der Waals surface area contributed by atoms with Crippen LogP contribution in [-0.2, 0) is 36.0 Å². The molecule has 256 valence electrons. The molecule has 3 aromatic rings. The topological polar surface area (TPSA) is 128 Å². The molecule has 0 aliphatic carbocycles. The van der Waals surface area contributed by atoms with Crippen molar-refractivity contribution in [1.82, 2.24) is 24.3 Å². The number of piperidine rings is 2. The molecular formula is C36H44ClN5O5S. The standard InChI is InChI=1S/C36H44ClN5O5S/c1-48(46,47)40-18-15-34-32(24-40)35(29-10-11-33(37)28(20-29)9-5-8-25-6-3-2-4-7-25)39-42(34)23-31(43)22-30-21-27(14-19-41(30)36(44)45)26-12-16-38-17-13-26/h2-4,6-7,10-11,20,26-27,30-31,38,43H,8,12-19,21-24H2,1H3,(H,44,45)/t27?,30?,31-/m0/s1. The monoisotopic (exact) mass is 693 g/mol. The number of nitrogens with zero attached hydrogens (tertiary/aromatic N) is 4. The highest BCUT2D eigenvalue weighted by atomic mass is 35.5. The van der Waals surface area contributed by atoms with Crippen LogP contribution in [0.1, 0.15) is 54.5 Å². The van der Waals surface area contributed by atoms with Gasteiger partial charge < -0.3 is 20.4 Å². The molecule has 0 bridgehead atoms. The highest BCUT2D eigenvalue weighted by Gasteiger charge is 2.37. The second-order valence-electron chi connectivity index (χ2n) is 13.4. The van der Waals surface area contributed by atoms with Crippen LogP contribution in [-0.4, -0.2) is 88.3 Å². The SMILES string of the molecule is CS(=O)(=O)N1CCc2c(c(-c3ccc(Cl)c(C#CCc4ccccc4)c3)nn2C[C@@H](O)CC2CC(C3CCNCC3)CCN2C(=O)O)C1. The van der Waals surface area contributed by atoms with Gasteiger partial charge in [0.25, 0.3) is 0 Å². The van der Waals surface area contributed by atoms with Gasteiger partial charge in [0.2, 0.25) is 10.0 Å². The number of sulfonamides is 1. The summed E-state index contributed by atoms with van der Waals surface area (Å²) in [5, 5.41) is 30.3. The van der Waals surface area contributed by atoms with Gasteiger partial charge in [0, 0.05) is 60.9 Å². The molecular weight excluding hydrogens is 650 g/mol. The maximum atomic E-state index is 12.6. The maximum Gasteiger partial charge on any atom is 0.407 e. The van der Waals surface area contributed by atoms with Crippen molar-refractivity contribution in [3.63, 3.8) is 0 Å². The lowest BCUT2D eigenvalue weighted by Gasteiger charge is -2.42. The third kappa shape index (κ3) is 8.07. The number of aliphatic hydroxyl groups is 1. The molecule has 3 atom stereocenters. The van der Waals surface area contributed by atoms with Crippen molar-refractivity contribution < 1.29 is 23.4 Å². The van der Waals surface area contributed by atoms with Crippen molar-refractivity contribution in [3.05, 3.63) is 75.9 Å². The molecule has 2 aromatic carbocycles. The Morgan fingerprint density at radius 2 is 1.88 bits per heavy atom. The van der Waals surface area contributed by atoms with Gasteiger partial charge in [-0.3, -0.25) is 4.68 Å². The smallest absolute Gasteiger partial charge is 0.407 e. The van der Waals surface area contributed by atoms with Gasteiger partial charge in [-0.1, -0.05) is 59.8 Å². The van der Waals surface area contributed by atoms with Crippen LogP contribution in [0, 0.1) is 23.7 Å². The van der Waals surface area contributed by atoms with E-state index in [0.717, 1.165) is 61.2 Å². The first-order valence-corrected chi connectivity index (χ1v) is 19.0. The first-order chi connectivity index (χ1) is 23.1. The Kier molecular flexibility index (Phi) is 10.8. The molecule has 6 rings (SSSR count). The molecule has 10 nitrogen and oxygen atoms in total. The number of nitrogens with one attached hydrogen (secondary N) is 1. The van der Waals surface area contributed by atoms with E-state index < -0.39 is 22.2 Å². The second-order valence-corrected chi connectivity index (χ2v) is 15.7. The summed E-state index contributed by atoms with van der Waals surface area (Å²) in [6.07, 6.45) is 4.58. The minimum absolute atomic E-state index is 0.171. The van der Waals surface area contributed by atoms with Gasteiger partial charge in [0.05, 0.1) is 29.6 Å². The number of likely N-dealkylation sites (tertiary alicyclic amines) is 1. The van der Waals surface area contributed by atoms with E-state index in [2.05, 4.69) is 17.2 Å². The van der Waals surface area contributed by atoms with E-state index in [4.69, 9.17) is 16.7 Å². The molecule has 0 saturated carbocycles. The summed E-state index contributed by atoms with van der Waals surface area (Å²) < 4.78 is 28.4. The van der Waals surface area contributed by atoms with Gasteiger partial charge in [-0.05, 0) is 74.7 Å². The number of benzene rings is 2. The fourth-order valence-electron chi connectivity index (χ4n) is 7.63. The van der Waals surface area contributed by atoms with Gasteiger partial charge >= 0.3 is 6.09 Å². The molecule has 3 aliphatic heterocycles. The van der Waals surface area contributed by atoms with Gasteiger partial charge in [0.15, 0.2) is 0 Å². The zero-order valence-corrected chi connectivity index (χ0v) is 28.9. The fourth-order valence-corrected chi connectivity index (χ4v) is 8.58. The van der Waals surface area contributed by atoms with Gasteiger partial charge in [0.1, 0.15) is 0 Å². The summed E-state index contributed by atoms with van der Waals surface area (Å²) in [7, 11) is -3.44. The van der Waals surface area contributed by atoms with Crippen molar-refractivity contribution in [2.45, 2.75) is 70.2 Å². The molecule has 12 heteroatoms. The van der Waals surface area contributed by atoms with E-state index in [1.165, 1.54) is 15.5 Å². The molecule has 48 heavy (non-hydrogen) atoms. The average Bonchev–Trinajstić information content (AvgIpc) is 3.43. The summed E-state index contributed by atoms with van der Waals surface area (Å²) in [5.74, 6) is 7.41. The summed E-state index contributed by atoms with van der Waals surface area (Å²) in [6, 6.07) is 15.2. The fraction of sp³-hybridized carbons (Fsp3) is 0.500. The molecule has 0 spiro atoms. The van der Waals surface area contributed by atoms with E-state index in [0.29, 0.717) is 60.5 Å². The second kappa shape index (κ2) is 15.0. The van der Waals surface area contributed by atoms with Crippen molar-refractivity contribution in [2.75, 3.05) is 32.4 Å². The lowest BCUT2D eigenvalue weighted by molar-refractivity contribution is 0.0366. The molecule has 2 fully saturated rings. The van der Waals surface area contributed by atoms with Crippen molar-refractivity contribution in [1.29, 1.82) is 0 Å². The zero-order chi connectivity index (χ0) is 33.8. The van der Waals surface area contributed by atoms with Crippen LogP contribution >= 0.6 is 11.6 Å². The lowest BCUT2D eigenvalue weighted by atomic mass is 9.76. The van der Waals surface area contributed by atoms with Crippen LogP contribution in [0.3, 0.4) is 0 Å². The van der Waals surface area contributed by atoms with Crippen LogP contribution in [0.25, 0.3) is 11.3 Å². The minimum atomic E-state index is -3.44. The Morgan fingerprint density at radius 3 is 2.60 bits per heavy atom. The molecule has 2 saturated heterocycles. The normalized spacial score (nSPS) is 21.3. The highest BCUT2D eigenvalue weighted by molar-refractivity contribution is 7.88. The van der Waals surface area contributed by atoms with Gasteiger partial charge in [-0.25, -0.2) is 13.2 Å². The Labute approximate surface area is 288 Å². The molecule has 3 N–H and O–H groups in total. The number of fused-ring (bicyclic) bond motifs is 1. The predicted molar refractivity (Wildman–Crippen MR) is 186 cm³/mol. The number of hydrogen-bond acceptors (Lipinski definition) is 6. The number of carbonyl (C=O) groups is 1. The molecule has 3 aliphatic rings. The van der Waals surface area contributed by atoms with E-state index in [9.17, 15) is 23.4 Å². The van der Waals surface area contributed by atoms with Gasteiger partial charge in [-0.2, -0.15) is 9.40 Å². The molecule has 4 heterocycles. The van der Waals surface area contributed by atoms with E-state index in [1.807, 2.05) is 42.5 Å². The number of amides is 1. The highest BCUT2D eigenvalue weighted by Crippen LogP contribution is 2.36. The van der Waals surface area contributed by atoms with Gasteiger partial charge in [-0.15, -0.1) is 0 Å². The minimum Gasteiger partial charge on any atom is -0.465 e. The molecule has 1 aromatic heterocycles. The third-order valence-electron chi connectivity index (χ3n) is 10.1. The van der Waals surface area contributed by atoms with Crippen LogP contribution in [0.15, 0.2) is 48.5 Å². The summed E-state index contributed by atoms with van der Waals surface area (Å²) >= 11 is 6.55. The number of halogens is 1. The summed E-state index contributed by atoms with van der Waals surface area (Å²) in [6.45, 7) is 3.14. The summed E-state index contributed by atoms with van der Waals surface area (Å²) in [5.41, 5.74) is 4.81. The van der Waals surface area contributed by atoms with Crippen LogP contribution in [0.2, 0.25) is 5.02 Å².